The van der Waals surface area contributed by atoms with Crippen molar-refractivity contribution in [3.63, 3.8) is 0 Å². The fraction of sp³-hybridized carbons (Fsp3) is 0. The van der Waals surface area contributed by atoms with E-state index < -0.39 is 0 Å². The van der Waals surface area contributed by atoms with Gasteiger partial charge in [-0.15, -0.1) is 0 Å². The molecule has 8 heterocycles. The van der Waals surface area contributed by atoms with Crippen LogP contribution in [0.5, 0.6) is 0 Å². The molecule has 16 rings (SSSR count). The van der Waals surface area contributed by atoms with Crippen LogP contribution in [-0.2, 0) is 58.4 Å². The molecule has 16 aromatic rings. The third-order valence-corrected chi connectivity index (χ3v) is 13.9. The van der Waals surface area contributed by atoms with Gasteiger partial charge in [0, 0.05) is 94.1 Å². The van der Waals surface area contributed by atoms with Gasteiger partial charge in [0.2, 0.25) is 0 Å². The van der Waals surface area contributed by atoms with Gasteiger partial charge in [0.05, 0.1) is 45.6 Å². The molecular formula is C88H72Cl7N8Rh3+2. The Hall–Kier alpha value is -9.14. The number of rotatable bonds is 8. The fourth-order valence-electron chi connectivity index (χ4n) is 9.14. The second-order valence-electron chi connectivity index (χ2n) is 20.6. The monoisotopic (exact) mass is 1790 g/mol. The minimum absolute atomic E-state index is 0. The van der Waals surface area contributed by atoms with Gasteiger partial charge in [-0.25, -0.2) is 0 Å². The van der Waals surface area contributed by atoms with Crippen LogP contribution in [0.2, 0.25) is 0 Å². The Morgan fingerprint density at radius 3 is 0.264 bits per heavy atom. The Morgan fingerprint density at radius 2 is 0.189 bits per heavy atom. The predicted molar refractivity (Wildman–Crippen MR) is 397 cm³/mol. The van der Waals surface area contributed by atoms with Crippen molar-refractivity contribution >= 4 is 0 Å². The Balaban J connectivity index is 0. The van der Waals surface area contributed by atoms with E-state index in [4.69, 9.17) is 0 Å². The number of pyridine rings is 8. The first-order chi connectivity index (χ1) is 47.7. The van der Waals surface area contributed by atoms with Gasteiger partial charge < -0.3 is 86.8 Å². The van der Waals surface area contributed by atoms with Crippen LogP contribution in [0, 0.1) is 0 Å². The molecule has 0 amide bonds. The van der Waals surface area contributed by atoms with Crippen LogP contribution < -0.4 is 86.8 Å². The van der Waals surface area contributed by atoms with E-state index in [0.717, 1.165) is 90.1 Å². The van der Waals surface area contributed by atoms with E-state index in [1.54, 1.807) is 0 Å². The maximum absolute atomic E-state index is 4.25. The quantitative estimate of drug-likeness (QED) is 0.208. The molecule has 106 heavy (non-hydrogen) atoms. The molecule has 0 aliphatic carbocycles. The largest absolute Gasteiger partial charge is 3.00 e. The van der Waals surface area contributed by atoms with E-state index in [2.05, 4.69) is 137 Å². The molecule has 0 bridgehead atoms. The summed E-state index contributed by atoms with van der Waals surface area (Å²) in [6, 6.07) is 129. The Morgan fingerprint density at radius 1 is 0.104 bits per heavy atom. The van der Waals surface area contributed by atoms with Crippen LogP contribution in [0.3, 0.4) is 0 Å². The number of benzene rings is 8. The van der Waals surface area contributed by atoms with Crippen molar-refractivity contribution in [3.8, 4) is 90.1 Å². The molecule has 0 radical (unpaired) electrons. The van der Waals surface area contributed by atoms with Crippen LogP contribution in [-0.4, -0.2) is 39.9 Å². The summed E-state index contributed by atoms with van der Waals surface area (Å²) < 4.78 is 0. The first kappa shape index (κ1) is 98.9. The molecule has 0 atom stereocenters. The number of hydrogen-bond donors (Lipinski definition) is 0. The van der Waals surface area contributed by atoms with Gasteiger partial charge in [0.25, 0.3) is 0 Å². The standard InChI is InChI=1S/8C11H9N.7ClH.3Rh/c8*1-2-6-10(7-3-1)11-8-4-5-9-12-11;;;;;;;;;;/h8*1-9H;7*1H;;;/q;;;;;;;;;;;;;;;3*+3/p-7. The van der Waals surface area contributed by atoms with Crippen molar-refractivity contribution in [2.24, 2.45) is 0 Å². The molecule has 18 heteroatoms. The summed E-state index contributed by atoms with van der Waals surface area (Å²) >= 11 is 0. The first-order valence-electron chi connectivity index (χ1n) is 31.4. The molecule has 0 aliphatic rings. The summed E-state index contributed by atoms with van der Waals surface area (Å²) in [4.78, 5) is 34.0. The molecule has 0 unspecified atom stereocenters. The van der Waals surface area contributed by atoms with Crippen molar-refractivity contribution in [1.82, 2.24) is 39.9 Å². The van der Waals surface area contributed by atoms with Gasteiger partial charge in [0.15, 0.2) is 0 Å². The molecule has 0 N–H and O–H groups in total. The second-order valence-corrected chi connectivity index (χ2v) is 20.6. The Labute approximate surface area is 706 Å². The van der Waals surface area contributed by atoms with Crippen molar-refractivity contribution < 1.29 is 145 Å². The van der Waals surface area contributed by atoms with E-state index in [-0.39, 0.29) is 145 Å². The minimum atomic E-state index is 0. The van der Waals surface area contributed by atoms with Crippen LogP contribution in [0.4, 0.5) is 0 Å². The molecule has 0 saturated carbocycles. The minimum Gasteiger partial charge on any atom is -1.00 e. The SMILES string of the molecule is [Cl-].[Cl-].[Cl-].[Cl-].[Cl-].[Cl-].[Cl-].[Rh+3].[Rh+3].[Rh+3].c1ccc(-c2ccccn2)cc1.c1ccc(-c2ccccn2)cc1.c1ccc(-c2ccccn2)cc1.c1ccc(-c2ccccn2)cc1.c1ccc(-c2ccccn2)cc1.c1ccc(-c2ccccn2)cc1.c1ccc(-c2ccccn2)cc1.c1ccc(-c2ccccn2)cc1. The molecule has 0 aliphatic heterocycles. The van der Waals surface area contributed by atoms with Crippen LogP contribution in [0.25, 0.3) is 90.1 Å². The fourth-order valence-corrected chi connectivity index (χ4v) is 9.14. The van der Waals surface area contributed by atoms with Crippen LogP contribution in [0.15, 0.2) is 438 Å². The molecule has 0 spiro atoms. The van der Waals surface area contributed by atoms with E-state index >= 15 is 0 Å². The van der Waals surface area contributed by atoms with E-state index in [9.17, 15) is 0 Å². The topological polar surface area (TPSA) is 103 Å². The van der Waals surface area contributed by atoms with Crippen molar-refractivity contribution in [2.75, 3.05) is 0 Å². The van der Waals surface area contributed by atoms with E-state index in [0.29, 0.717) is 0 Å². The molecule has 8 nitrogen and oxygen atoms in total. The summed E-state index contributed by atoms with van der Waals surface area (Å²) in [5.74, 6) is 0. The molecule has 8 aromatic carbocycles. The van der Waals surface area contributed by atoms with Gasteiger partial charge in [-0.1, -0.05) is 291 Å². The predicted octanol–water partition coefficient (Wildman–Crippen LogP) is 1.01. The molecule has 0 fully saturated rings. The first-order valence-corrected chi connectivity index (χ1v) is 31.4. The van der Waals surface area contributed by atoms with E-state index in [1.807, 2.05) is 341 Å². The van der Waals surface area contributed by atoms with Gasteiger partial charge in [-0.05, 0) is 97.1 Å². The number of hydrogen-bond acceptors (Lipinski definition) is 8. The smallest absolute Gasteiger partial charge is 1.00 e. The Bertz CT molecular complexity index is 3380. The average molecular weight is 1800 g/mol. The Kier molecular flexibility index (Phi) is 57.0. The molecular weight excluding hydrogens is 1730 g/mol. The summed E-state index contributed by atoms with van der Waals surface area (Å²) in [7, 11) is 0. The summed E-state index contributed by atoms with van der Waals surface area (Å²) in [5.41, 5.74) is 17.5. The zero-order valence-electron chi connectivity index (χ0n) is 56.8. The van der Waals surface area contributed by atoms with Gasteiger partial charge in [-0.3, -0.25) is 39.9 Å². The van der Waals surface area contributed by atoms with Crippen molar-refractivity contribution in [1.29, 1.82) is 0 Å². The normalized spacial score (nSPS) is 8.75. The summed E-state index contributed by atoms with van der Waals surface area (Å²) in [6.07, 6.45) is 14.5. The van der Waals surface area contributed by atoms with E-state index in [1.165, 1.54) is 0 Å². The maximum atomic E-state index is 4.25. The second kappa shape index (κ2) is 61.1. The molecule has 538 valence electrons. The van der Waals surface area contributed by atoms with Crippen molar-refractivity contribution in [3.05, 3.63) is 438 Å². The van der Waals surface area contributed by atoms with Gasteiger partial charge in [0.1, 0.15) is 0 Å². The van der Waals surface area contributed by atoms with Gasteiger partial charge in [-0.2, -0.15) is 0 Å². The summed E-state index contributed by atoms with van der Waals surface area (Å²) in [5, 5.41) is 0. The number of aromatic nitrogens is 8. The summed E-state index contributed by atoms with van der Waals surface area (Å²) in [6.45, 7) is 0. The average Bonchev–Trinajstić information content (AvgIpc) is 2.16. The van der Waals surface area contributed by atoms with Crippen molar-refractivity contribution in [2.45, 2.75) is 0 Å². The number of halogens is 7. The zero-order valence-corrected chi connectivity index (χ0v) is 67.0. The molecule has 8 aromatic heterocycles. The van der Waals surface area contributed by atoms with Crippen LogP contribution in [0.1, 0.15) is 0 Å². The zero-order chi connectivity index (χ0) is 65.8. The van der Waals surface area contributed by atoms with Crippen LogP contribution >= 0.6 is 0 Å². The number of nitrogens with zero attached hydrogens (tertiary/aromatic N) is 8. The third kappa shape index (κ3) is 36.7. The maximum Gasteiger partial charge on any atom is 3.00 e. The third-order valence-electron chi connectivity index (χ3n) is 13.9. The van der Waals surface area contributed by atoms with Gasteiger partial charge >= 0.3 is 58.4 Å². The molecule has 0 saturated heterocycles.